The SMILES string of the molecule is CCC(CC)(c1ccc(CCC(C2CC2)C(C)(C)C)c(C)c1)c1ccc(-c2cccc(CCOOC)c2)c(C)c1. The second-order valence-electron chi connectivity index (χ2n) is 13.2. The molecular formula is C38H52O2. The summed E-state index contributed by atoms with van der Waals surface area (Å²) in [6.07, 6.45) is 8.38. The molecule has 4 rings (SSSR count). The molecule has 1 aliphatic rings. The summed E-state index contributed by atoms with van der Waals surface area (Å²) in [4.78, 5) is 9.85. The zero-order valence-electron chi connectivity index (χ0n) is 26.4. The van der Waals surface area contributed by atoms with Crippen molar-refractivity contribution in [2.24, 2.45) is 17.3 Å². The van der Waals surface area contributed by atoms with E-state index < -0.39 is 0 Å². The first kappa shape index (κ1) is 30.5. The third-order valence-corrected chi connectivity index (χ3v) is 9.74. The van der Waals surface area contributed by atoms with Crippen LogP contribution in [0.15, 0.2) is 60.7 Å². The van der Waals surface area contributed by atoms with Crippen molar-refractivity contribution < 1.29 is 9.78 Å². The van der Waals surface area contributed by atoms with Crippen LogP contribution in [0.3, 0.4) is 0 Å². The summed E-state index contributed by atoms with van der Waals surface area (Å²) in [6, 6.07) is 23.3. The van der Waals surface area contributed by atoms with Crippen molar-refractivity contribution >= 4 is 0 Å². The minimum Gasteiger partial charge on any atom is -0.240 e. The molecule has 3 aromatic rings. The lowest BCUT2D eigenvalue weighted by Crippen LogP contribution is -2.26. The Morgan fingerprint density at radius 2 is 1.50 bits per heavy atom. The first-order valence-corrected chi connectivity index (χ1v) is 15.6. The summed E-state index contributed by atoms with van der Waals surface area (Å²) in [5.74, 6) is 1.78. The van der Waals surface area contributed by atoms with Gasteiger partial charge in [0.1, 0.15) is 0 Å². The van der Waals surface area contributed by atoms with Gasteiger partial charge in [0, 0.05) is 5.41 Å². The maximum Gasteiger partial charge on any atom is 0.0862 e. The van der Waals surface area contributed by atoms with Gasteiger partial charge in [0.05, 0.1) is 13.7 Å². The molecule has 1 atom stereocenters. The normalized spacial score (nSPS) is 14.9. The van der Waals surface area contributed by atoms with E-state index in [-0.39, 0.29) is 5.41 Å². The van der Waals surface area contributed by atoms with Crippen molar-refractivity contribution in [1.29, 1.82) is 0 Å². The molecule has 0 aromatic heterocycles. The van der Waals surface area contributed by atoms with E-state index in [1.165, 1.54) is 70.2 Å². The average molecular weight is 541 g/mol. The Labute approximate surface area is 244 Å². The number of hydrogen-bond acceptors (Lipinski definition) is 2. The van der Waals surface area contributed by atoms with E-state index in [1.54, 1.807) is 7.11 Å². The maximum atomic E-state index is 5.09. The van der Waals surface area contributed by atoms with Gasteiger partial charge in [-0.3, -0.25) is 0 Å². The van der Waals surface area contributed by atoms with Crippen LogP contribution in [-0.2, 0) is 28.0 Å². The lowest BCUT2D eigenvalue weighted by molar-refractivity contribution is -0.271. The monoisotopic (exact) mass is 540 g/mol. The van der Waals surface area contributed by atoms with Crippen LogP contribution in [0.5, 0.6) is 0 Å². The van der Waals surface area contributed by atoms with Crippen molar-refractivity contribution in [2.75, 3.05) is 13.7 Å². The minimum absolute atomic E-state index is 0.0217. The molecule has 0 amide bonds. The van der Waals surface area contributed by atoms with Crippen molar-refractivity contribution in [3.63, 3.8) is 0 Å². The van der Waals surface area contributed by atoms with Gasteiger partial charge in [-0.25, -0.2) is 9.78 Å². The molecule has 2 heteroatoms. The van der Waals surface area contributed by atoms with Crippen LogP contribution in [-0.4, -0.2) is 13.7 Å². The second-order valence-corrected chi connectivity index (χ2v) is 13.2. The average Bonchev–Trinajstić information content (AvgIpc) is 3.76. The molecule has 1 unspecified atom stereocenters. The number of rotatable bonds is 13. The molecule has 0 aliphatic heterocycles. The Balaban J connectivity index is 1.58. The van der Waals surface area contributed by atoms with Gasteiger partial charge in [-0.2, -0.15) is 0 Å². The van der Waals surface area contributed by atoms with Crippen molar-refractivity contribution in [3.05, 3.63) is 94.0 Å². The van der Waals surface area contributed by atoms with Crippen LogP contribution in [0.1, 0.15) is 100 Å². The first-order chi connectivity index (χ1) is 19.1. The quantitative estimate of drug-likeness (QED) is 0.122. The Bertz CT molecular complexity index is 1260. The molecule has 216 valence electrons. The van der Waals surface area contributed by atoms with Gasteiger partial charge >= 0.3 is 0 Å². The van der Waals surface area contributed by atoms with Gasteiger partial charge in [0.2, 0.25) is 0 Å². The predicted octanol–water partition coefficient (Wildman–Crippen LogP) is 10.2. The Hall–Kier alpha value is -2.42. The lowest BCUT2D eigenvalue weighted by Gasteiger charge is -2.35. The molecule has 40 heavy (non-hydrogen) atoms. The van der Waals surface area contributed by atoms with E-state index in [2.05, 4.69) is 109 Å². The van der Waals surface area contributed by atoms with Gasteiger partial charge in [0.15, 0.2) is 0 Å². The molecule has 0 bridgehead atoms. The fourth-order valence-electron chi connectivity index (χ4n) is 7.12. The van der Waals surface area contributed by atoms with Crippen LogP contribution in [0.4, 0.5) is 0 Å². The Kier molecular flexibility index (Phi) is 9.96. The highest BCUT2D eigenvalue weighted by atomic mass is 17.2. The highest BCUT2D eigenvalue weighted by molar-refractivity contribution is 5.69. The number of hydrogen-bond donors (Lipinski definition) is 0. The molecule has 1 fully saturated rings. The number of aryl methyl sites for hydroxylation is 3. The molecule has 3 aromatic carbocycles. The smallest absolute Gasteiger partial charge is 0.0862 e. The highest BCUT2D eigenvalue weighted by Crippen LogP contribution is 2.48. The van der Waals surface area contributed by atoms with Crippen molar-refractivity contribution in [2.45, 2.75) is 98.8 Å². The van der Waals surface area contributed by atoms with E-state index in [0.29, 0.717) is 12.0 Å². The highest BCUT2D eigenvalue weighted by Gasteiger charge is 2.38. The minimum atomic E-state index is 0.0217. The van der Waals surface area contributed by atoms with Gasteiger partial charge < -0.3 is 0 Å². The molecular weight excluding hydrogens is 488 g/mol. The van der Waals surface area contributed by atoms with E-state index in [4.69, 9.17) is 9.78 Å². The molecule has 2 nitrogen and oxygen atoms in total. The molecule has 0 saturated heterocycles. The van der Waals surface area contributed by atoms with Crippen LogP contribution in [0, 0.1) is 31.1 Å². The molecule has 0 radical (unpaired) electrons. The van der Waals surface area contributed by atoms with Crippen molar-refractivity contribution in [3.8, 4) is 11.1 Å². The van der Waals surface area contributed by atoms with Crippen LogP contribution >= 0.6 is 0 Å². The third-order valence-electron chi connectivity index (χ3n) is 9.74. The standard InChI is InChI=1S/C38H52O2/c1-9-38(10-2,33-18-16-30(27(3)24-33)17-21-36(31-14-15-31)37(5,6)7)34-19-20-35(28(4)25-34)32-13-11-12-29(26-32)22-23-40-39-8/h11-13,16,18-20,24-26,31,36H,9-10,14-15,17,21-23H2,1-8H3. The van der Waals surface area contributed by atoms with Crippen LogP contribution < -0.4 is 0 Å². The maximum absolute atomic E-state index is 5.09. The summed E-state index contributed by atoms with van der Waals surface area (Å²) in [6.45, 7) is 17.2. The fourth-order valence-corrected chi connectivity index (χ4v) is 7.12. The van der Waals surface area contributed by atoms with Crippen LogP contribution in [0.25, 0.3) is 11.1 Å². The van der Waals surface area contributed by atoms with E-state index >= 15 is 0 Å². The Morgan fingerprint density at radius 1 is 0.825 bits per heavy atom. The first-order valence-electron chi connectivity index (χ1n) is 15.6. The van der Waals surface area contributed by atoms with Gasteiger partial charge in [-0.15, -0.1) is 0 Å². The van der Waals surface area contributed by atoms with E-state index in [9.17, 15) is 0 Å². The molecule has 0 heterocycles. The molecule has 0 spiro atoms. The molecule has 1 saturated carbocycles. The van der Waals surface area contributed by atoms with E-state index in [0.717, 1.165) is 31.1 Å². The lowest BCUT2D eigenvalue weighted by atomic mass is 9.69. The zero-order chi connectivity index (χ0) is 28.9. The number of benzene rings is 3. The van der Waals surface area contributed by atoms with Gasteiger partial charge in [-0.05, 0) is 121 Å². The zero-order valence-corrected chi connectivity index (χ0v) is 26.4. The summed E-state index contributed by atoms with van der Waals surface area (Å²) in [7, 11) is 1.56. The summed E-state index contributed by atoms with van der Waals surface area (Å²) in [5, 5.41) is 0. The third kappa shape index (κ3) is 6.89. The van der Waals surface area contributed by atoms with Gasteiger partial charge in [0.25, 0.3) is 0 Å². The van der Waals surface area contributed by atoms with Gasteiger partial charge in [-0.1, -0.05) is 95.3 Å². The van der Waals surface area contributed by atoms with Crippen LogP contribution in [0.2, 0.25) is 0 Å². The molecule has 1 aliphatic carbocycles. The summed E-state index contributed by atoms with van der Waals surface area (Å²) < 4.78 is 0. The summed E-state index contributed by atoms with van der Waals surface area (Å²) >= 11 is 0. The fraction of sp³-hybridized carbons (Fsp3) is 0.526. The van der Waals surface area contributed by atoms with Crippen molar-refractivity contribution in [1.82, 2.24) is 0 Å². The van der Waals surface area contributed by atoms with E-state index in [1.807, 2.05) is 0 Å². The predicted molar refractivity (Wildman–Crippen MR) is 170 cm³/mol. The topological polar surface area (TPSA) is 18.5 Å². The summed E-state index contributed by atoms with van der Waals surface area (Å²) in [5.41, 5.74) is 11.4. The largest absolute Gasteiger partial charge is 0.240 e. The second kappa shape index (κ2) is 13.0. The molecule has 0 N–H and O–H groups in total. The Morgan fingerprint density at radius 3 is 2.08 bits per heavy atom.